The topological polar surface area (TPSA) is 80.1 Å². The minimum atomic E-state index is -3.71. The second-order valence-corrected chi connectivity index (χ2v) is 7.47. The summed E-state index contributed by atoms with van der Waals surface area (Å²) in [6, 6.07) is 4.94. The largest absolute Gasteiger partial charge is 0.381 e. The Kier molecular flexibility index (Phi) is 4.15. The Morgan fingerprint density at radius 2 is 2.10 bits per heavy atom. The number of ether oxygens (including phenoxy) is 1. The van der Waals surface area contributed by atoms with Gasteiger partial charge in [-0.2, -0.15) is 8.73 Å². The Balaban J connectivity index is 1.95. The quantitative estimate of drug-likeness (QED) is 0.863. The normalized spacial score (nSPS) is 20.0. The Bertz CT molecular complexity index is 723. The fourth-order valence-corrected chi connectivity index (χ4v) is 5.00. The third kappa shape index (κ3) is 2.91. The van der Waals surface area contributed by atoms with Gasteiger partial charge in [0.2, 0.25) is 10.0 Å². The Labute approximate surface area is 131 Å². The first-order valence-corrected chi connectivity index (χ1v) is 9.20. The van der Waals surface area contributed by atoms with Crippen molar-refractivity contribution in [2.45, 2.75) is 23.3 Å². The van der Waals surface area contributed by atoms with Crippen molar-refractivity contribution in [1.82, 2.24) is 4.72 Å². The number of sulfonamides is 1. The second kappa shape index (κ2) is 5.77. The van der Waals surface area contributed by atoms with E-state index < -0.39 is 15.6 Å². The van der Waals surface area contributed by atoms with Crippen LogP contribution >= 0.6 is 11.6 Å². The van der Waals surface area contributed by atoms with Crippen LogP contribution in [0.5, 0.6) is 0 Å². The van der Waals surface area contributed by atoms with Gasteiger partial charge in [0.25, 0.3) is 0 Å². The molecule has 9 heteroatoms. The van der Waals surface area contributed by atoms with Gasteiger partial charge in [-0.3, -0.25) is 0 Å². The zero-order chi connectivity index (χ0) is 14.9. The van der Waals surface area contributed by atoms with E-state index in [1.54, 1.807) is 12.1 Å². The van der Waals surface area contributed by atoms with Crippen molar-refractivity contribution in [3.05, 3.63) is 18.2 Å². The van der Waals surface area contributed by atoms with Crippen LogP contribution in [0.3, 0.4) is 0 Å². The number of halogens is 1. The van der Waals surface area contributed by atoms with Gasteiger partial charge in [0.15, 0.2) is 0 Å². The van der Waals surface area contributed by atoms with Crippen molar-refractivity contribution in [3.8, 4) is 0 Å². The number of nitrogens with zero attached hydrogens (tertiary/aromatic N) is 2. The number of hydrogen-bond donors (Lipinski definition) is 1. The number of alkyl halides is 1. The molecule has 0 atom stereocenters. The van der Waals surface area contributed by atoms with E-state index in [1.807, 2.05) is 0 Å². The molecule has 0 unspecified atom stereocenters. The van der Waals surface area contributed by atoms with Crippen LogP contribution in [-0.2, 0) is 26.1 Å². The van der Waals surface area contributed by atoms with Gasteiger partial charge in [0.05, 0.1) is 16.9 Å². The molecule has 6 nitrogen and oxygen atoms in total. The van der Waals surface area contributed by atoms with E-state index in [2.05, 4.69) is 13.4 Å². The molecular formula is C12H14ClN3O3S2. The van der Waals surface area contributed by atoms with Crippen LogP contribution in [0.25, 0.3) is 0 Å². The molecule has 2 aliphatic heterocycles. The summed E-state index contributed by atoms with van der Waals surface area (Å²) in [6.45, 7) is 0.995. The van der Waals surface area contributed by atoms with Gasteiger partial charge in [0.1, 0.15) is 16.3 Å². The van der Waals surface area contributed by atoms with Gasteiger partial charge in [-0.1, -0.05) is 6.07 Å². The van der Waals surface area contributed by atoms with E-state index in [9.17, 15) is 8.42 Å². The highest BCUT2D eigenvalue weighted by molar-refractivity contribution is 7.89. The number of hydrogen-bond acceptors (Lipinski definition) is 5. The summed E-state index contributed by atoms with van der Waals surface area (Å²) >= 11 is 7.02. The molecule has 1 aromatic rings. The fraction of sp³-hybridized carbons (Fsp3) is 0.500. The summed E-state index contributed by atoms with van der Waals surface area (Å²) in [7, 11) is -3.71. The van der Waals surface area contributed by atoms with Gasteiger partial charge < -0.3 is 4.74 Å². The first kappa shape index (κ1) is 15.1. The lowest BCUT2D eigenvalue weighted by atomic mass is 9.94. The third-order valence-corrected chi connectivity index (χ3v) is 6.26. The molecule has 1 fully saturated rings. The number of nitrogens with one attached hydrogen (secondary N) is 1. The van der Waals surface area contributed by atoms with Crippen LogP contribution < -0.4 is 4.72 Å². The standard InChI is InChI=1S/C12H14ClN3O3S2/c13-8-12(4-6-19-7-5-12)16-21(17,18)10-3-1-2-9-11(10)15-20-14-9/h1-3,16H,4-8H2. The minimum absolute atomic E-state index is 0.143. The van der Waals surface area contributed by atoms with Crippen molar-refractivity contribution in [1.29, 1.82) is 0 Å². The van der Waals surface area contributed by atoms with Crippen LogP contribution in [0, 0.1) is 0 Å². The molecule has 0 bridgehead atoms. The van der Waals surface area contributed by atoms with Gasteiger partial charge in [-0.05, 0) is 25.0 Å². The van der Waals surface area contributed by atoms with Crippen LogP contribution in [0.2, 0.25) is 0 Å². The third-order valence-electron chi connectivity index (χ3n) is 3.60. The molecule has 3 rings (SSSR count). The molecule has 1 saturated heterocycles. The molecule has 1 N–H and O–H groups in total. The molecule has 1 aromatic carbocycles. The molecule has 21 heavy (non-hydrogen) atoms. The second-order valence-electron chi connectivity index (χ2n) is 5.02. The molecule has 114 valence electrons. The highest BCUT2D eigenvalue weighted by atomic mass is 35.5. The lowest BCUT2D eigenvalue weighted by Crippen LogP contribution is -2.53. The van der Waals surface area contributed by atoms with Crippen molar-refractivity contribution >= 4 is 44.4 Å². The molecular weight excluding hydrogens is 334 g/mol. The molecule has 0 aromatic heterocycles. The first-order chi connectivity index (χ1) is 10.1. The SMILES string of the molecule is O=S(=O)(NC1(CCl)CCOCC1)c1cccc2c1N=S=N2. The Morgan fingerprint density at radius 1 is 1.33 bits per heavy atom. The lowest BCUT2D eigenvalue weighted by molar-refractivity contribution is 0.0549. The van der Waals surface area contributed by atoms with Gasteiger partial charge in [-0.15, -0.1) is 11.6 Å². The number of rotatable bonds is 4. The smallest absolute Gasteiger partial charge is 0.243 e. The van der Waals surface area contributed by atoms with Crippen molar-refractivity contribution in [3.63, 3.8) is 0 Å². The van der Waals surface area contributed by atoms with E-state index in [1.165, 1.54) is 6.07 Å². The maximum Gasteiger partial charge on any atom is 0.243 e. The summed E-state index contributed by atoms with van der Waals surface area (Å²) in [6.07, 6.45) is 1.11. The van der Waals surface area contributed by atoms with E-state index in [0.717, 1.165) is 11.4 Å². The highest BCUT2D eigenvalue weighted by Gasteiger charge is 2.37. The molecule has 0 spiro atoms. The first-order valence-electron chi connectivity index (χ1n) is 6.45. The summed E-state index contributed by atoms with van der Waals surface area (Å²) < 4.78 is 41.6. The zero-order valence-electron chi connectivity index (χ0n) is 11.1. The summed E-state index contributed by atoms with van der Waals surface area (Å²) in [4.78, 5) is 0.143. The van der Waals surface area contributed by atoms with Crippen molar-refractivity contribution < 1.29 is 13.2 Å². The van der Waals surface area contributed by atoms with Crippen molar-refractivity contribution in [2.24, 2.45) is 8.73 Å². The average Bonchev–Trinajstić information content (AvgIpc) is 2.96. The Hall–Kier alpha value is -0.800. The maximum absolute atomic E-state index is 12.7. The number of fused-ring (bicyclic) bond motifs is 1. The van der Waals surface area contributed by atoms with Crippen LogP contribution in [0.4, 0.5) is 11.4 Å². The minimum Gasteiger partial charge on any atom is -0.381 e. The average molecular weight is 348 g/mol. The summed E-state index contributed by atoms with van der Waals surface area (Å²) in [5.74, 6) is 0.209. The Morgan fingerprint density at radius 3 is 2.81 bits per heavy atom. The molecule has 0 amide bonds. The molecule has 2 heterocycles. The van der Waals surface area contributed by atoms with E-state index in [-0.39, 0.29) is 10.8 Å². The van der Waals surface area contributed by atoms with Crippen LogP contribution in [-0.4, -0.2) is 33.1 Å². The zero-order valence-corrected chi connectivity index (χ0v) is 13.5. The predicted molar refractivity (Wildman–Crippen MR) is 81.8 cm³/mol. The summed E-state index contributed by atoms with van der Waals surface area (Å²) in [5, 5.41) is 0. The molecule has 0 saturated carbocycles. The highest BCUT2D eigenvalue weighted by Crippen LogP contribution is 2.38. The number of benzene rings is 1. The van der Waals surface area contributed by atoms with Crippen LogP contribution in [0.1, 0.15) is 12.8 Å². The van der Waals surface area contributed by atoms with Gasteiger partial charge >= 0.3 is 0 Å². The van der Waals surface area contributed by atoms with Crippen LogP contribution in [0.15, 0.2) is 31.8 Å². The molecule has 0 radical (unpaired) electrons. The lowest BCUT2D eigenvalue weighted by Gasteiger charge is -2.35. The maximum atomic E-state index is 12.7. The van der Waals surface area contributed by atoms with Gasteiger partial charge in [-0.25, -0.2) is 13.1 Å². The predicted octanol–water partition coefficient (Wildman–Crippen LogP) is 2.48. The molecule has 0 aliphatic carbocycles. The van der Waals surface area contributed by atoms with E-state index in [4.69, 9.17) is 16.3 Å². The van der Waals surface area contributed by atoms with E-state index >= 15 is 0 Å². The fourth-order valence-electron chi connectivity index (χ4n) is 2.36. The summed E-state index contributed by atoms with van der Waals surface area (Å²) in [5.41, 5.74) is 0.311. The van der Waals surface area contributed by atoms with Gasteiger partial charge in [0, 0.05) is 19.1 Å². The van der Waals surface area contributed by atoms with E-state index in [0.29, 0.717) is 37.4 Å². The monoisotopic (exact) mass is 347 g/mol. The molecule has 2 aliphatic rings. The van der Waals surface area contributed by atoms with Crippen molar-refractivity contribution in [2.75, 3.05) is 19.1 Å².